The maximum Gasteiger partial charge on any atom is 0.353 e. The third-order valence-electron chi connectivity index (χ3n) is 2.16. The summed E-state index contributed by atoms with van der Waals surface area (Å²) in [7, 11) is 1.57. The fraction of sp³-hybridized carbons (Fsp3) is 0.222. The van der Waals surface area contributed by atoms with Crippen LogP contribution in [0.3, 0.4) is 0 Å². The largest absolute Gasteiger partial charge is 0.367 e. The number of anilines is 2. The zero-order chi connectivity index (χ0) is 13.0. The van der Waals surface area contributed by atoms with Gasteiger partial charge in [-0.25, -0.2) is 9.97 Å². The van der Waals surface area contributed by atoms with Crippen LogP contribution in [-0.2, 0) is 6.54 Å². The van der Waals surface area contributed by atoms with Gasteiger partial charge in [0.2, 0.25) is 11.6 Å². The van der Waals surface area contributed by atoms with Crippen LogP contribution < -0.4 is 10.6 Å². The van der Waals surface area contributed by atoms with Crippen molar-refractivity contribution in [2.75, 3.05) is 17.7 Å². The van der Waals surface area contributed by atoms with E-state index in [-0.39, 0.29) is 17.3 Å². The number of hydrogen-bond donors (Lipinski definition) is 2. The lowest BCUT2D eigenvalue weighted by Gasteiger charge is -2.06. The number of nitrogens with zero attached hydrogens (tertiary/aromatic N) is 4. The number of nitro groups is 1. The summed E-state index contributed by atoms with van der Waals surface area (Å²) in [4.78, 5) is 23.1. The molecule has 9 heteroatoms. The van der Waals surface area contributed by atoms with E-state index >= 15 is 0 Å². The quantitative estimate of drug-likeness (QED) is 0.623. The minimum absolute atomic E-state index is 0.162. The molecule has 0 saturated heterocycles. The summed E-state index contributed by atoms with van der Waals surface area (Å²) < 4.78 is 0. The zero-order valence-electron chi connectivity index (χ0n) is 9.45. The Bertz CT molecular complexity index is 544. The minimum Gasteiger partial charge on any atom is -0.367 e. The molecule has 0 bridgehead atoms. The van der Waals surface area contributed by atoms with Crippen molar-refractivity contribution in [3.8, 4) is 0 Å². The van der Waals surface area contributed by atoms with Gasteiger partial charge in [-0.05, 0) is 0 Å². The van der Waals surface area contributed by atoms with Gasteiger partial charge < -0.3 is 10.6 Å². The highest BCUT2D eigenvalue weighted by molar-refractivity contribution is 7.09. The molecule has 0 atom stereocenters. The Morgan fingerprint density at radius 2 is 2.22 bits per heavy atom. The molecule has 0 aliphatic heterocycles. The molecule has 0 aromatic carbocycles. The van der Waals surface area contributed by atoms with Gasteiger partial charge in [0, 0.05) is 18.1 Å². The summed E-state index contributed by atoms with van der Waals surface area (Å²) in [6, 6.07) is 0. The van der Waals surface area contributed by atoms with Gasteiger partial charge in [0.25, 0.3) is 0 Å². The van der Waals surface area contributed by atoms with Crippen LogP contribution in [-0.4, -0.2) is 26.9 Å². The highest BCUT2D eigenvalue weighted by Gasteiger charge is 2.21. The summed E-state index contributed by atoms with van der Waals surface area (Å²) in [6.45, 7) is 0.436. The highest BCUT2D eigenvalue weighted by atomic mass is 32.1. The van der Waals surface area contributed by atoms with Crippen molar-refractivity contribution in [2.45, 2.75) is 6.54 Å². The van der Waals surface area contributed by atoms with Crippen LogP contribution in [0.2, 0.25) is 0 Å². The number of hydrogen-bond acceptors (Lipinski definition) is 8. The Labute approximate surface area is 106 Å². The van der Waals surface area contributed by atoms with Gasteiger partial charge in [0.05, 0.1) is 17.0 Å². The van der Waals surface area contributed by atoms with Crippen LogP contribution in [0, 0.1) is 10.1 Å². The van der Waals surface area contributed by atoms with Gasteiger partial charge in [-0.15, -0.1) is 11.3 Å². The molecule has 2 heterocycles. The van der Waals surface area contributed by atoms with Crippen molar-refractivity contribution in [3.63, 3.8) is 0 Å². The van der Waals surface area contributed by atoms with Gasteiger partial charge in [0.15, 0.2) is 0 Å². The average molecular weight is 266 g/mol. The topological polar surface area (TPSA) is 106 Å². The zero-order valence-corrected chi connectivity index (χ0v) is 10.3. The van der Waals surface area contributed by atoms with Crippen molar-refractivity contribution in [3.05, 3.63) is 33.0 Å². The van der Waals surface area contributed by atoms with E-state index in [1.807, 2.05) is 0 Å². The second kappa shape index (κ2) is 5.36. The molecule has 0 aliphatic rings. The lowest BCUT2D eigenvalue weighted by atomic mass is 10.4. The molecule has 0 radical (unpaired) electrons. The van der Waals surface area contributed by atoms with Crippen LogP contribution in [0.4, 0.5) is 17.3 Å². The monoisotopic (exact) mass is 266 g/mol. The predicted molar refractivity (Wildman–Crippen MR) is 67.7 cm³/mol. The highest BCUT2D eigenvalue weighted by Crippen LogP contribution is 2.28. The Kier molecular flexibility index (Phi) is 3.63. The number of nitrogens with one attached hydrogen (secondary N) is 2. The van der Waals surface area contributed by atoms with E-state index in [0.717, 1.165) is 4.88 Å². The number of aromatic nitrogens is 3. The summed E-state index contributed by atoms with van der Waals surface area (Å²) >= 11 is 1.46. The number of rotatable bonds is 5. The molecular weight excluding hydrogens is 256 g/mol. The van der Waals surface area contributed by atoms with E-state index in [9.17, 15) is 10.1 Å². The van der Waals surface area contributed by atoms with E-state index in [4.69, 9.17) is 0 Å². The lowest BCUT2D eigenvalue weighted by molar-refractivity contribution is -0.383. The van der Waals surface area contributed by atoms with Crippen molar-refractivity contribution < 1.29 is 4.92 Å². The van der Waals surface area contributed by atoms with Crippen molar-refractivity contribution >= 4 is 28.7 Å². The first kappa shape index (κ1) is 12.2. The summed E-state index contributed by atoms with van der Waals surface area (Å²) in [6.07, 6.45) is 2.97. The first-order valence-corrected chi connectivity index (χ1v) is 5.88. The second-order valence-corrected chi connectivity index (χ2v) is 4.22. The lowest BCUT2D eigenvalue weighted by Crippen LogP contribution is -2.07. The van der Waals surface area contributed by atoms with Gasteiger partial charge in [-0.3, -0.25) is 15.1 Å². The standard InChI is InChI=1S/C9H10N6O2S/c1-10-8-7(15(16)17)9(14-4-13-8)12-3-6-2-11-5-18-6/h2,4-5H,3H2,1H3,(H2,10,12,13,14). The van der Waals surface area contributed by atoms with Gasteiger partial charge >= 0.3 is 5.69 Å². The fourth-order valence-electron chi connectivity index (χ4n) is 1.36. The molecule has 18 heavy (non-hydrogen) atoms. The summed E-state index contributed by atoms with van der Waals surface area (Å²) in [5, 5.41) is 16.6. The molecular formula is C9H10N6O2S. The van der Waals surface area contributed by atoms with E-state index in [0.29, 0.717) is 6.54 Å². The molecule has 0 amide bonds. The van der Waals surface area contributed by atoms with E-state index in [1.54, 1.807) is 18.8 Å². The maximum absolute atomic E-state index is 11.0. The molecule has 94 valence electrons. The molecule has 2 aromatic heterocycles. The van der Waals surface area contributed by atoms with E-state index < -0.39 is 4.92 Å². The molecule has 2 N–H and O–H groups in total. The van der Waals surface area contributed by atoms with Crippen LogP contribution in [0.25, 0.3) is 0 Å². The fourth-order valence-corrected chi connectivity index (χ4v) is 1.90. The van der Waals surface area contributed by atoms with Crippen molar-refractivity contribution in [2.24, 2.45) is 0 Å². The smallest absolute Gasteiger partial charge is 0.353 e. The molecule has 0 fully saturated rings. The molecule has 0 unspecified atom stereocenters. The molecule has 2 aromatic rings. The third-order valence-corrected chi connectivity index (χ3v) is 2.93. The maximum atomic E-state index is 11.0. The average Bonchev–Trinajstić information content (AvgIpc) is 2.88. The molecule has 0 saturated carbocycles. The predicted octanol–water partition coefficient (Wildman–Crippen LogP) is 1.50. The molecule has 0 aliphatic carbocycles. The van der Waals surface area contributed by atoms with Crippen LogP contribution in [0.15, 0.2) is 18.0 Å². The Morgan fingerprint density at radius 1 is 1.44 bits per heavy atom. The summed E-state index contributed by atoms with van der Waals surface area (Å²) in [5.41, 5.74) is 1.54. The SMILES string of the molecule is CNc1ncnc(NCc2cncs2)c1[N+](=O)[O-]. The van der Waals surface area contributed by atoms with Crippen LogP contribution in [0.5, 0.6) is 0 Å². The van der Waals surface area contributed by atoms with Crippen LogP contribution in [0.1, 0.15) is 4.88 Å². The normalized spacial score (nSPS) is 10.1. The van der Waals surface area contributed by atoms with Gasteiger partial charge in [0.1, 0.15) is 6.33 Å². The Balaban J connectivity index is 2.24. The van der Waals surface area contributed by atoms with E-state index in [1.165, 1.54) is 17.7 Å². The first-order valence-electron chi connectivity index (χ1n) is 5.00. The van der Waals surface area contributed by atoms with E-state index in [2.05, 4.69) is 25.6 Å². The second-order valence-electron chi connectivity index (χ2n) is 3.25. The van der Waals surface area contributed by atoms with Gasteiger partial charge in [-0.2, -0.15) is 0 Å². The minimum atomic E-state index is -0.513. The van der Waals surface area contributed by atoms with Crippen molar-refractivity contribution in [1.29, 1.82) is 0 Å². The summed E-state index contributed by atoms with van der Waals surface area (Å²) in [5.74, 6) is 0.370. The van der Waals surface area contributed by atoms with Crippen LogP contribution >= 0.6 is 11.3 Å². The molecule has 8 nitrogen and oxygen atoms in total. The van der Waals surface area contributed by atoms with Crippen molar-refractivity contribution in [1.82, 2.24) is 15.0 Å². The third kappa shape index (κ3) is 2.51. The molecule has 2 rings (SSSR count). The first-order chi connectivity index (χ1) is 8.72. The Hall–Kier alpha value is -2.29. The Morgan fingerprint density at radius 3 is 2.83 bits per heavy atom. The number of thiazole rings is 1. The van der Waals surface area contributed by atoms with Gasteiger partial charge in [-0.1, -0.05) is 0 Å². The molecule has 0 spiro atoms.